The highest BCUT2D eigenvalue weighted by molar-refractivity contribution is 6.31. The number of fused-ring (bicyclic) bond motifs is 15. The van der Waals surface area contributed by atoms with Crippen LogP contribution in [0.1, 0.15) is 71.3 Å². The first-order valence-corrected chi connectivity index (χ1v) is 15.2. The molecule has 0 spiro atoms. The zero-order valence-electron chi connectivity index (χ0n) is 27.0. The molecule has 9 atom stereocenters. The molecule has 47 heavy (non-hydrogen) atoms. The molecule has 256 valence electrons. The number of carbonyl (C=O) groups excluding carboxylic acids is 4. The molecule has 4 bridgehead atoms. The van der Waals surface area contributed by atoms with E-state index in [1.807, 2.05) is 0 Å². The van der Waals surface area contributed by atoms with Gasteiger partial charge in [0.15, 0.2) is 11.6 Å². The summed E-state index contributed by atoms with van der Waals surface area (Å²) in [6.07, 6.45) is -1.50. The number of ketones is 3. The molecule has 1 amide bonds. The highest BCUT2D eigenvalue weighted by Gasteiger charge is 2.40. The van der Waals surface area contributed by atoms with Gasteiger partial charge in [-0.15, -0.1) is 0 Å². The van der Waals surface area contributed by atoms with Gasteiger partial charge in [0.1, 0.15) is 11.5 Å². The number of carbonyl (C=O) groups is 4. The number of Topliss-reactive ketones (excluding diaryl/α,β-unsaturated/α-hetero) is 2. The van der Waals surface area contributed by atoms with E-state index >= 15 is 0 Å². The molecule has 1 aromatic rings. The quantitative estimate of drug-likeness (QED) is 0.203. The molecule has 9 unspecified atom stereocenters. The Hall–Kier alpha value is -3.98. The average molecular weight is 658 g/mol. The van der Waals surface area contributed by atoms with Crippen LogP contribution in [-0.2, 0) is 4.79 Å². The lowest BCUT2D eigenvalue weighted by Gasteiger charge is -2.36. The molecule has 0 aromatic heterocycles. The number of benzene rings is 1. The van der Waals surface area contributed by atoms with Crippen molar-refractivity contribution in [1.29, 1.82) is 0 Å². The van der Waals surface area contributed by atoms with Crippen LogP contribution in [0.3, 0.4) is 0 Å². The third-order valence-electron chi connectivity index (χ3n) is 9.23. The molecule has 1 aromatic carbocycles. The third kappa shape index (κ3) is 7.30. The van der Waals surface area contributed by atoms with Crippen molar-refractivity contribution < 1.29 is 60.0 Å². The predicted molar refractivity (Wildman–Crippen MR) is 168 cm³/mol. The van der Waals surface area contributed by atoms with Gasteiger partial charge in [-0.2, -0.15) is 0 Å². The lowest BCUT2D eigenvalue weighted by atomic mass is 9.78. The molecule has 1 aliphatic carbocycles. The van der Waals surface area contributed by atoms with Gasteiger partial charge in [-0.25, -0.2) is 0 Å². The van der Waals surface area contributed by atoms with E-state index in [-0.39, 0.29) is 16.7 Å². The van der Waals surface area contributed by atoms with Gasteiger partial charge in [-0.3, -0.25) is 19.2 Å². The molecule has 4 rings (SSSR count). The molecule has 2 heterocycles. The summed E-state index contributed by atoms with van der Waals surface area (Å²) in [5.74, 6) is -9.08. The maximum absolute atomic E-state index is 13.6. The Morgan fingerprint density at radius 2 is 1.23 bits per heavy atom. The van der Waals surface area contributed by atoms with Crippen LogP contribution < -0.4 is 5.32 Å². The van der Waals surface area contributed by atoms with Gasteiger partial charge in [0, 0.05) is 40.9 Å². The largest absolute Gasteiger partial charge is 0.507 e. The molecule has 13 heteroatoms. The van der Waals surface area contributed by atoms with Crippen LogP contribution in [-0.4, -0.2) is 101 Å². The van der Waals surface area contributed by atoms with E-state index in [1.165, 1.54) is 45.9 Å². The van der Waals surface area contributed by atoms with Crippen LogP contribution in [0.15, 0.2) is 47.2 Å². The van der Waals surface area contributed by atoms with E-state index < -0.39 is 118 Å². The van der Waals surface area contributed by atoms with Crippen LogP contribution >= 0.6 is 0 Å². The SMILES string of the molecule is CC1=CC(O)C(O)C(C)C(O)C(C)C(O)C(C)C(O)C(C)C=CC=C(CO)C(=O)NC2=CC(=O)c3c(c(O)c(C)c(O)c3C2=O)C1=O. The van der Waals surface area contributed by atoms with Gasteiger partial charge >= 0.3 is 0 Å². The van der Waals surface area contributed by atoms with E-state index in [2.05, 4.69) is 5.32 Å². The number of hydrogen-bond acceptors (Lipinski definition) is 12. The number of nitrogens with one attached hydrogen (secondary N) is 1. The van der Waals surface area contributed by atoms with Crippen molar-refractivity contribution in [3.63, 3.8) is 0 Å². The van der Waals surface area contributed by atoms with Gasteiger partial charge in [-0.1, -0.05) is 45.9 Å². The number of phenols is 2. The van der Waals surface area contributed by atoms with Crippen molar-refractivity contribution in [2.24, 2.45) is 23.7 Å². The fraction of sp³-hybridized carbons (Fsp3) is 0.471. The summed E-state index contributed by atoms with van der Waals surface area (Å²) >= 11 is 0. The summed E-state index contributed by atoms with van der Waals surface area (Å²) in [6.45, 7) is 7.74. The second kappa shape index (κ2) is 14.8. The van der Waals surface area contributed by atoms with Gasteiger partial charge in [0.25, 0.3) is 5.91 Å². The van der Waals surface area contributed by atoms with E-state index in [0.717, 1.165) is 6.08 Å². The number of aromatic hydroxyl groups is 2. The number of phenolic OH excluding ortho intramolecular Hbond substituents is 2. The molecule has 13 nitrogen and oxygen atoms in total. The molecule has 2 aliphatic heterocycles. The lowest BCUT2D eigenvalue weighted by molar-refractivity contribution is -0.117. The van der Waals surface area contributed by atoms with E-state index in [9.17, 15) is 60.0 Å². The molecule has 0 saturated heterocycles. The molecule has 9 N–H and O–H groups in total. The van der Waals surface area contributed by atoms with E-state index in [4.69, 9.17) is 0 Å². The zero-order valence-corrected chi connectivity index (χ0v) is 27.0. The van der Waals surface area contributed by atoms with Crippen molar-refractivity contribution >= 4 is 23.3 Å². The Morgan fingerprint density at radius 3 is 1.79 bits per heavy atom. The van der Waals surface area contributed by atoms with Crippen molar-refractivity contribution in [3.8, 4) is 11.5 Å². The molecule has 3 aliphatic rings. The number of aliphatic hydroxyl groups excluding tert-OH is 6. The van der Waals surface area contributed by atoms with Crippen LogP contribution in [0.4, 0.5) is 0 Å². The van der Waals surface area contributed by atoms with Crippen LogP contribution in [0, 0.1) is 30.6 Å². The highest BCUT2D eigenvalue weighted by atomic mass is 16.3. The fourth-order valence-corrected chi connectivity index (χ4v) is 5.88. The van der Waals surface area contributed by atoms with E-state index in [0.29, 0.717) is 6.08 Å². The van der Waals surface area contributed by atoms with Crippen molar-refractivity contribution in [1.82, 2.24) is 5.32 Å². The van der Waals surface area contributed by atoms with Gasteiger partial charge < -0.3 is 46.2 Å². The average Bonchev–Trinajstić information content (AvgIpc) is 3.04. The second-order valence-electron chi connectivity index (χ2n) is 12.5. The first-order chi connectivity index (χ1) is 21.9. The highest BCUT2D eigenvalue weighted by Crippen LogP contribution is 2.41. The molecule has 0 fully saturated rings. The standard InChI is InChI=1S/C34H43NO12/c1-13-8-7-9-19(12-36)34(47)35-20-11-21(37)23-24(31(44)18(6)32(45)25(23)33(20)46)27(40)14(2)10-22(38)30(43)17(5)29(42)16(4)28(41)15(3)26(13)39/h7-11,13,15-17,22,26,28-30,36,38-39,41-45H,12H2,1-6H3,(H,35,47). The third-order valence-corrected chi connectivity index (χ3v) is 9.23. The maximum atomic E-state index is 13.6. The Balaban J connectivity index is 2.22. The van der Waals surface area contributed by atoms with E-state index in [1.54, 1.807) is 13.8 Å². The minimum absolute atomic E-state index is 0.244. The molecular weight excluding hydrogens is 614 g/mol. The molecular formula is C34H43NO12. The van der Waals surface area contributed by atoms with Crippen molar-refractivity contribution in [2.75, 3.05) is 6.61 Å². The number of hydrogen-bond donors (Lipinski definition) is 9. The monoisotopic (exact) mass is 657 g/mol. The second-order valence-corrected chi connectivity index (χ2v) is 12.5. The minimum atomic E-state index is -1.76. The maximum Gasteiger partial charge on any atom is 0.254 e. The van der Waals surface area contributed by atoms with Crippen molar-refractivity contribution in [3.05, 3.63) is 69.5 Å². The van der Waals surface area contributed by atoms with Gasteiger partial charge in [0.2, 0.25) is 5.78 Å². The Bertz CT molecular complexity index is 1570. The smallest absolute Gasteiger partial charge is 0.254 e. The topological polar surface area (TPSA) is 242 Å². The Morgan fingerprint density at radius 1 is 0.723 bits per heavy atom. The predicted octanol–water partition coefficient (Wildman–Crippen LogP) is 0.752. The van der Waals surface area contributed by atoms with Crippen LogP contribution in [0.25, 0.3) is 0 Å². The zero-order chi connectivity index (χ0) is 35.7. The summed E-state index contributed by atoms with van der Waals surface area (Å²) in [7, 11) is 0. The summed E-state index contributed by atoms with van der Waals surface area (Å²) in [5, 5.41) is 88.4. The van der Waals surface area contributed by atoms with Gasteiger partial charge in [-0.05, 0) is 25.5 Å². The summed E-state index contributed by atoms with van der Waals surface area (Å²) in [5.41, 5.74) is -3.37. The summed E-state index contributed by atoms with van der Waals surface area (Å²) in [4.78, 5) is 53.5. The van der Waals surface area contributed by atoms with Crippen molar-refractivity contribution in [2.45, 2.75) is 72.1 Å². The molecule has 0 saturated carbocycles. The summed E-state index contributed by atoms with van der Waals surface area (Å²) in [6, 6.07) is 0. The number of aliphatic hydroxyl groups is 6. The number of amides is 1. The number of allylic oxidation sites excluding steroid dienone is 5. The van der Waals surface area contributed by atoms with Gasteiger partial charge in [0.05, 0.1) is 59.5 Å². The Kier molecular flexibility index (Phi) is 11.8. The summed E-state index contributed by atoms with van der Waals surface area (Å²) < 4.78 is 0. The normalized spacial score (nSPS) is 31.7. The first-order valence-electron chi connectivity index (χ1n) is 15.2. The minimum Gasteiger partial charge on any atom is -0.507 e. The molecule has 0 radical (unpaired) electrons. The lowest BCUT2D eigenvalue weighted by Crippen LogP contribution is -2.46. The van der Waals surface area contributed by atoms with Crippen LogP contribution in [0.5, 0.6) is 11.5 Å². The fourth-order valence-electron chi connectivity index (χ4n) is 5.88. The van der Waals surface area contributed by atoms with Crippen LogP contribution in [0.2, 0.25) is 0 Å². The Labute approximate surface area is 271 Å². The first kappa shape index (κ1) is 37.5. The number of rotatable bonds is 1.